The van der Waals surface area contributed by atoms with Gasteiger partial charge in [0.25, 0.3) is 0 Å². The largest absolute Gasteiger partial charge is 0.492 e. The number of carbonyl (C=O) groups is 1. The molecule has 0 bridgehead atoms. The summed E-state index contributed by atoms with van der Waals surface area (Å²) < 4.78 is 47.5. The molecular formula is C24H24F3N3O3. The van der Waals surface area contributed by atoms with E-state index in [4.69, 9.17) is 9.47 Å². The Morgan fingerprint density at radius 1 is 1.00 bits per heavy atom. The van der Waals surface area contributed by atoms with Gasteiger partial charge in [-0.15, -0.1) is 0 Å². The van der Waals surface area contributed by atoms with Crippen LogP contribution >= 0.6 is 0 Å². The van der Waals surface area contributed by atoms with Crippen molar-refractivity contribution in [1.29, 1.82) is 0 Å². The summed E-state index contributed by atoms with van der Waals surface area (Å²) in [5.74, 6) is 1.56. The van der Waals surface area contributed by atoms with Crippen molar-refractivity contribution in [3.8, 4) is 11.5 Å². The summed E-state index contributed by atoms with van der Waals surface area (Å²) in [4.78, 5) is 16.0. The normalized spacial score (nSPS) is 13.7. The van der Waals surface area contributed by atoms with E-state index in [1.165, 1.54) is 6.07 Å². The van der Waals surface area contributed by atoms with Crippen LogP contribution < -0.4 is 20.1 Å². The van der Waals surface area contributed by atoms with E-state index in [9.17, 15) is 18.0 Å². The van der Waals surface area contributed by atoms with Crippen LogP contribution in [0.3, 0.4) is 0 Å². The molecule has 0 unspecified atom stereocenters. The van der Waals surface area contributed by atoms with Gasteiger partial charge in [0.2, 0.25) is 5.91 Å². The summed E-state index contributed by atoms with van der Waals surface area (Å²) in [5.41, 5.74) is 1.00. The van der Waals surface area contributed by atoms with E-state index in [2.05, 4.69) is 15.6 Å². The van der Waals surface area contributed by atoms with Gasteiger partial charge in [-0.25, -0.2) is 4.98 Å². The van der Waals surface area contributed by atoms with Crippen molar-refractivity contribution in [3.63, 3.8) is 0 Å². The first-order chi connectivity index (χ1) is 15.9. The third kappa shape index (κ3) is 7.08. The maximum absolute atomic E-state index is 12.3. The molecule has 0 saturated heterocycles. The smallest absolute Gasteiger partial charge is 0.422 e. The second kappa shape index (κ2) is 10.1. The van der Waals surface area contributed by atoms with Gasteiger partial charge in [0.05, 0.1) is 0 Å². The molecular weight excluding hydrogens is 435 g/mol. The molecule has 0 atom stereocenters. The summed E-state index contributed by atoms with van der Waals surface area (Å²) in [6.45, 7) is 0.336. The van der Waals surface area contributed by atoms with Crippen LogP contribution in [0.1, 0.15) is 18.4 Å². The number of nitrogens with zero attached hydrogens (tertiary/aromatic N) is 1. The molecule has 1 heterocycles. The van der Waals surface area contributed by atoms with Crippen LogP contribution in [0.15, 0.2) is 54.7 Å². The number of carbonyl (C=O) groups excluding carboxylic acids is 1. The molecule has 1 aliphatic carbocycles. The van der Waals surface area contributed by atoms with Gasteiger partial charge in [-0.05, 0) is 65.6 Å². The fourth-order valence-corrected chi connectivity index (χ4v) is 3.25. The molecule has 174 valence electrons. The van der Waals surface area contributed by atoms with Gasteiger partial charge >= 0.3 is 6.18 Å². The molecule has 1 saturated carbocycles. The topological polar surface area (TPSA) is 72.5 Å². The molecule has 0 radical (unpaired) electrons. The minimum Gasteiger partial charge on any atom is -0.492 e. The number of benzene rings is 2. The van der Waals surface area contributed by atoms with Crippen LogP contribution in [-0.2, 0) is 11.3 Å². The number of rotatable bonds is 10. The van der Waals surface area contributed by atoms with E-state index in [-0.39, 0.29) is 17.6 Å². The second-order valence-electron chi connectivity index (χ2n) is 7.91. The lowest BCUT2D eigenvalue weighted by atomic mass is 10.1. The molecule has 2 aromatic carbocycles. The molecule has 9 heteroatoms. The first kappa shape index (κ1) is 22.8. The summed E-state index contributed by atoms with van der Waals surface area (Å²) >= 11 is 0. The van der Waals surface area contributed by atoms with Crippen molar-refractivity contribution in [3.05, 3.63) is 60.3 Å². The van der Waals surface area contributed by atoms with E-state index >= 15 is 0 Å². The highest BCUT2D eigenvalue weighted by molar-refractivity contribution is 5.93. The maximum atomic E-state index is 12.3. The zero-order valence-electron chi connectivity index (χ0n) is 17.8. The van der Waals surface area contributed by atoms with Crippen molar-refractivity contribution >= 4 is 22.5 Å². The molecule has 1 aromatic heterocycles. The van der Waals surface area contributed by atoms with Crippen LogP contribution in [0.2, 0.25) is 0 Å². The van der Waals surface area contributed by atoms with Crippen molar-refractivity contribution in [2.45, 2.75) is 25.6 Å². The number of alkyl halides is 3. The highest BCUT2D eigenvalue weighted by atomic mass is 19.4. The van der Waals surface area contributed by atoms with Crippen molar-refractivity contribution in [2.75, 3.05) is 25.1 Å². The Labute approximate surface area is 189 Å². The van der Waals surface area contributed by atoms with Crippen molar-refractivity contribution in [2.24, 2.45) is 5.92 Å². The first-order valence-corrected chi connectivity index (χ1v) is 10.7. The Hall–Kier alpha value is -3.33. The Balaban J connectivity index is 1.21. The number of nitrogens with one attached hydrogen (secondary N) is 2. The maximum Gasteiger partial charge on any atom is 0.422 e. The van der Waals surface area contributed by atoms with Gasteiger partial charge in [0, 0.05) is 25.2 Å². The zero-order valence-corrected chi connectivity index (χ0v) is 17.8. The molecule has 1 aliphatic rings. The predicted molar refractivity (Wildman–Crippen MR) is 118 cm³/mol. The van der Waals surface area contributed by atoms with Crippen LogP contribution in [0.25, 0.3) is 10.8 Å². The van der Waals surface area contributed by atoms with Crippen LogP contribution in [0.5, 0.6) is 11.5 Å². The summed E-state index contributed by atoms with van der Waals surface area (Å²) in [7, 11) is 0. The van der Waals surface area contributed by atoms with E-state index in [0.717, 1.165) is 29.2 Å². The van der Waals surface area contributed by atoms with E-state index in [0.29, 0.717) is 31.3 Å². The SMILES string of the molecule is O=C(Nc1cc(CNCCOc2ccc3cc(OCC(F)(F)F)ccc3c2)ccn1)C1CC1. The average Bonchev–Trinajstić information content (AvgIpc) is 3.63. The van der Waals surface area contributed by atoms with Crippen molar-refractivity contribution in [1.82, 2.24) is 10.3 Å². The average molecular weight is 459 g/mol. The Morgan fingerprint density at radius 2 is 1.70 bits per heavy atom. The van der Waals surface area contributed by atoms with E-state index < -0.39 is 12.8 Å². The second-order valence-corrected chi connectivity index (χ2v) is 7.91. The van der Waals surface area contributed by atoms with Crippen LogP contribution in [0, 0.1) is 5.92 Å². The third-order valence-corrected chi connectivity index (χ3v) is 5.09. The van der Waals surface area contributed by atoms with Crippen LogP contribution in [-0.4, -0.2) is 36.8 Å². The summed E-state index contributed by atoms with van der Waals surface area (Å²) in [5, 5.41) is 7.73. The molecule has 33 heavy (non-hydrogen) atoms. The fraction of sp³-hybridized carbons (Fsp3) is 0.333. The fourth-order valence-electron chi connectivity index (χ4n) is 3.25. The Bertz CT molecular complexity index is 1120. The Kier molecular flexibility index (Phi) is 6.98. The summed E-state index contributed by atoms with van der Waals surface area (Å²) in [6, 6.07) is 13.9. The summed E-state index contributed by atoms with van der Waals surface area (Å²) in [6.07, 6.45) is -0.805. The number of hydrogen-bond acceptors (Lipinski definition) is 5. The standard InChI is InChI=1S/C24H24F3N3O3/c25-24(26,27)15-33-21-6-4-18-12-20(5-3-19(18)13-21)32-10-9-28-14-16-7-8-29-22(11-16)30-23(31)17-1-2-17/h3-8,11-13,17,28H,1-2,9-10,14-15H2,(H,29,30,31). The van der Waals surface area contributed by atoms with Gasteiger partial charge in [-0.2, -0.15) is 13.2 Å². The lowest BCUT2D eigenvalue weighted by molar-refractivity contribution is -0.153. The molecule has 1 amide bonds. The third-order valence-electron chi connectivity index (χ3n) is 5.09. The number of ether oxygens (including phenoxy) is 2. The highest BCUT2D eigenvalue weighted by Crippen LogP contribution is 2.30. The minimum atomic E-state index is -4.37. The monoisotopic (exact) mass is 459 g/mol. The van der Waals surface area contributed by atoms with Gasteiger partial charge < -0.3 is 20.1 Å². The van der Waals surface area contributed by atoms with Crippen molar-refractivity contribution < 1.29 is 27.4 Å². The van der Waals surface area contributed by atoms with E-state index in [1.807, 2.05) is 18.2 Å². The lowest BCUT2D eigenvalue weighted by Gasteiger charge is -2.11. The zero-order chi connectivity index (χ0) is 23.3. The molecule has 1 fully saturated rings. The van der Waals surface area contributed by atoms with E-state index in [1.54, 1.807) is 30.5 Å². The lowest BCUT2D eigenvalue weighted by Crippen LogP contribution is -2.21. The molecule has 4 rings (SSSR count). The number of anilines is 1. The number of pyridine rings is 1. The number of amides is 1. The predicted octanol–water partition coefficient (Wildman–Crippen LogP) is 4.69. The molecule has 0 spiro atoms. The number of halogens is 3. The molecule has 3 aromatic rings. The number of aromatic nitrogens is 1. The minimum absolute atomic E-state index is 0.0291. The Morgan fingerprint density at radius 3 is 2.36 bits per heavy atom. The van der Waals surface area contributed by atoms with Gasteiger partial charge in [-0.1, -0.05) is 12.1 Å². The highest BCUT2D eigenvalue weighted by Gasteiger charge is 2.30. The number of fused-ring (bicyclic) bond motifs is 1. The van der Waals surface area contributed by atoms with Gasteiger partial charge in [-0.3, -0.25) is 4.79 Å². The van der Waals surface area contributed by atoms with Gasteiger partial charge in [0.15, 0.2) is 6.61 Å². The number of hydrogen-bond donors (Lipinski definition) is 2. The molecule has 2 N–H and O–H groups in total. The quantitative estimate of drug-likeness (QED) is 0.431. The van der Waals surface area contributed by atoms with Crippen LogP contribution in [0.4, 0.5) is 19.0 Å². The molecule has 0 aliphatic heterocycles. The van der Waals surface area contributed by atoms with Gasteiger partial charge in [0.1, 0.15) is 23.9 Å². The first-order valence-electron chi connectivity index (χ1n) is 10.7. The molecule has 6 nitrogen and oxygen atoms in total.